The van der Waals surface area contributed by atoms with E-state index in [1.54, 1.807) is 0 Å². The first-order valence-corrected chi connectivity index (χ1v) is 10.2. The molecule has 2 N–H and O–H groups in total. The molecule has 1 aromatic rings. The number of rotatable bonds is 4. The summed E-state index contributed by atoms with van der Waals surface area (Å²) in [6, 6.07) is 7.71. The van der Waals surface area contributed by atoms with Gasteiger partial charge in [-0.3, -0.25) is 4.90 Å². The first-order valence-electron chi connectivity index (χ1n) is 10.2. The molecule has 156 valence electrons. The lowest BCUT2D eigenvalue weighted by Gasteiger charge is -2.34. The molecule has 7 heteroatoms. The van der Waals surface area contributed by atoms with Gasteiger partial charge in [0, 0.05) is 31.7 Å². The number of nitrogens with zero attached hydrogens (tertiary/aromatic N) is 1. The number of alkyl halides is 3. The molecule has 1 aliphatic carbocycles. The van der Waals surface area contributed by atoms with E-state index in [9.17, 15) is 18.0 Å². The normalized spacial score (nSPS) is 24.7. The van der Waals surface area contributed by atoms with Crippen LogP contribution in [0, 0.1) is 12.8 Å². The monoisotopic (exact) mass is 397 g/mol. The number of likely N-dealkylation sites (tertiary alicyclic amines) is 1. The number of carbonyl (C=O) groups is 1. The minimum atomic E-state index is -4.17. The van der Waals surface area contributed by atoms with Crippen molar-refractivity contribution in [3.8, 4) is 0 Å². The maximum Gasteiger partial charge on any atom is 0.391 e. The molecule has 1 saturated heterocycles. The van der Waals surface area contributed by atoms with E-state index >= 15 is 0 Å². The van der Waals surface area contributed by atoms with Crippen molar-refractivity contribution in [3.63, 3.8) is 0 Å². The average molecular weight is 397 g/mol. The molecule has 0 spiro atoms. The Morgan fingerprint density at radius 2 is 1.75 bits per heavy atom. The van der Waals surface area contributed by atoms with Crippen LogP contribution in [-0.2, 0) is 6.54 Å². The van der Waals surface area contributed by atoms with Crippen LogP contribution in [0.3, 0.4) is 0 Å². The molecule has 28 heavy (non-hydrogen) atoms. The number of halogens is 3. The number of piperidine rings is 1. The zero-order chi connectivity index (χ0) is 20.1. The number of nitrogens with one attached hydrogen (secondary N) is 2. The third kappa shape index (κ3) is 5.87. The Balaban J connectivity index is 1.40. The number of aryl methyl sites for hydroxylation is 1. The fourth-order valence-corrected chi connectivity index (χ4v) is 4.29. The summed E-state index contributed by atoms with van der Waals surface area (Å²) < 4.78 is 38.7. The van der Waals surface area contributed by atoms with E-state index in [1.165, 1.54) is 11.1 Å². The minimum Gasteiger partial charge on any atom is -0.335 e. The smallest absolute Gasteiger partial charge is 0.335 e. The third-order valence-corrected chi connectivity index (χ3v) is 6.05. The summed E-state index contributed by atoms with van der Waals surface area (Å²) in [5.41, 5.74) is 2.61. The van der Waals surface area contributed by atoms with Crippen LogP contribution in [-0.4, -0.2) is 42.3 Å². The fraction of sp³-hybridized carbons (Fsp3) is 0.667. The van der Waals surface area contributed by atoms with Gasteiger partial charge in [-0.15, -0.1) is 0 Å². The Labute approximate surface area is 164 Å². The lowest BCUT2D eigenvalue weighted by Crippen LogP contribution is -2.51. The maximum absolute atomic E-state index is 12.9. The molecule has 3 rings (SSSR count). The second-order valence-electron chi connectivity index (χ2n) is 8.20. The average Bonchev–Trinajstić information content (AvgIpc) is 2.65. The van der Waals surface area contributed by atoms with Gasteiger partial charge in [0.05, 0.1) is 5.92 Å². The summed E-state index contributed by atoms with van der Waals surface area (Å²) >= 11 is 0. The van der Waals surface area contributed by atoms with Crippen molar-refractivity contribution in [1.29, 1.82) is 0 Å². The topological polar surface area (TPSA) is 44.4 Å². The van der Waals surface area contributed by atoms with Gasteiger partial charge in [-0.25, -0.2) is 4.79 Å². The predicted molar refractivity (Wildman–Crippen MR) is 103 cm³/mol. The summed E-state index contributed by atoms with van der Waals surface area (Å²) in [5.74, 6) is -1.30. The Bertz CT molecular complexity index is 657. The van der Waals surface area contributed by atoms with E-state index in [2.05, 4.69) is 40.7 Å². The van der Waals surface area contributed by atoms with Gasteiger partial charge in [-0.05, 0) is 50.2 Å². The lowest BCUT2D eigenvalue weighted by molar-refractivity contribution is -0.183. The number of hydrogen-bond acceptors (Lipinski definition) is 2. The molecule has 2 aliphatic rings. The van der Waals surface area contributed by atoms with Crippen molar-refractivity contribution in [2.24, 2.45) is 5.92 Å². The number of carbonyl (C=O) groups excluding carboxylic acids is 1. The zero-order valence-electron chi connectivity index (χ0n) is 16.4. The highest BCUT2D eigenvalue weighted by molar-refractivity contribution is 5.74. The molecule has 2 atom stereocenters. The van der Waals surface area contributed by atoms with Crippen LogP contribution < -0.4 is 10.6 Å². The van der Waals surface area contributed by atoms with Gasteiger partial charge in [0.15, 0.2) is 0 Å². The van der Waals surface area contributed by atoms with Gasteiger partial charge < -0.3 is 10.6 Å². The number of urea groups is 1. The molecule has 2 fully saturated rings. The molecule has 0 radical (unpaired) electrons. The van der Waals surface area contributed by atoms with Crippen LogP contribution in [0.25, 0.3) is 0 Å². The van der Waals surface area contributed by atoms with Crippen molar-refractivity contribution in [3.05, 3.63) is 35.4 Å². The summed E-state index contributed by atoms with van der Waals surface area (Å²) in [4.78, 5) is 14.6. The van der Waals surface area contributed by atoms with Gasteiger partial charge in [0.1, 0.15) is 0 Å². The predicted octanol–water partition coefficient (Wildman–Crippen LogP) is 4.38. The lowest BCUT2D eigenvalue weighted by atomic mass is 9.85. The standard InChI is InChI=1S/C21H30F3N3O/c1-15-5-2-3-6-16(15)14-27-11-9-18(10-12-27)25-20(28)26-19-8-4-7-17(13-19)21(22,23)24/h2-3,5-6,17-19H,4,7-14H2,1H3,(H2,25,26,28)/t17-,19+/m0/s1. The van der Waals surface area contributed by atoms with E-state index < -0.39 is 12.1 Å². The summed E-state index contributed by atoms with van der Waals surface area (Å²) in [7, 11) is 0. The van der Waals surface area contributed by atoms with Crippen LogP contribution in [0.1, 0.15) is 49.7 Å². The highest BCUT2D eigenvalue weighted by atomic mass is 19.4. The SMILES string of the molecule is Cc1ccccc1CN1CCC(NC(=O)N[C@@H]2CCC[C@H](C(F)(F)F)C2)CC1. The molecule has 2 amide bonds. The van der Waals surface area contributed by atoms with E-state index in [0.29, 0.717) is 12.8 Å². The largest absolute Gasteiger partial charge is 0.391 e. The van der Waals surface area contributed by atoms with Gasteiger partial charge in [-0.2, -0.15) is 13.2 Å². The van der Waals surface area contributed by atoms with E-state index in [-0.39, 0.29) is 31.0 Å². The van der Waals surface area contributed by atoms with Gasteiger partial charge in [0.25, 0.3) is 0 Å². The maximum atomic E-state index is 12.9. The van der Waals surface area contributed by atoms with E-state index in [1.807, 2.05) is 6.07 Å². The van der Waals surface area contributed by atoms with Crippen LogP contribution in [0.4, 0.5) is 18.0 Å². The summed E-state index contributed by atoms with van der Waals surface area (Å²) in [5, 5.41) is 5.72. The second kappa shape index (κ2) is 9.16. The molecule has 1 aromatic carbocycles. The molecule has 4 nitrogen and oxygen atoms in total. The summed E-state index contributed by atoms with van der Waals surface area (Å²) in [6.07, 6.45) is -1.17. The van der Waals surface area contributed by atoms with Gasteiger partial charge in [-0.1, -0.05) is 30.7 Å². The fourth-order valence-electron chi connectivity index (χ4n) is 4.29. The number of hydrogen-bond donors (Lipinski definition) is 2. The van der Waals surface area contributed by atoms with Gasteiger partial charge in [0.2, 0.25) is 0 Å². The van der Waals surface area contributed by atoms with Crippen molar-refractivity contribution >= 4 is 6.03 Å². The van der Waals surface area contributed by atoms with Crippen LogP contribution in [0.2, 0.25) is 0 Å². The molecule has 1 aliphatic heterocycles. The molecule has 1 heterocycles. The zero-order valence-corrected chi connectivity index (χ0v) is 16.4. The highest BCUT2D eigenvalue weighted by Crippen LogP contribution is 2.37. The van der Waals surface area contributed by atoms with Crippen molar-refractivity contribution in [2.45, 2.75) is 70.3 Å². The molecule has 0 bridgehead atoms. The first kappa shape index (κ1) is 21.0. The Kier molecular flexibility index (Phi) is 6.86. The quantitative estimate of drug-likeness (QED) is 0.792. The van der Waals surface area contributed by atoms with Crippen LogP contribution in [0.5, 0.6) is 0 Å². The number of benzene rings is 1. The third-order valence-electron chi connectivity index (χ3n) is 6.05. The van der Waals surface area contributed by atoms with E-state index in [4.69, 9.17) is 0 Å². The molecule has 1 saturated carbocycles. The Morgan fingerprint density at radius 1 is 1.07 bits per heavy atom. The minimum absolute atomic E-state index is 0.00814. The number of amides is 2. The summed E-state index contributed by atoms with van der Waals surface area (Å²) in [6.45, 7) is 4.83. The van der Waals surface area contributed by atoms with Crippen molar-refractivity contribution < 1.29 is 18.0 Å². The van der Waals surface area contributed by atoms with Crippen molar-refractivity contribution in [2.75, 3.05) is 13.1 Å². The van der Waals surface area contributed by atoms with Crippen molar-refractivity contribution in [1.82, 2.24) is 15.5 Å². The first-order chi connectivity index (χ1) is 13.3. The van der Waals surface area contributed by atoms with E-state index in [0.717, 1.165) is 32.5 Å². The molecule has 0 unspecified atom stereocenters. The molecule has 0 aromatic heterocycles. The van der Waals surface area contributed by atoms with Gasteiger partial charge >= 0.3 is 12.2 Å². The molecular weight excluding hydrogens is 367 g/mol. The Hall–Kier alpha value is -1.76. The van der Waals surface area contributed by atoms with Crippen LogP contribution >= 0.6 is 0 Å². The molecular formula is C21H30F3N3O. The Morgan fingerprint density at radius 3 is 2.43 bits per heavy atom. The van der Waals surface area contributed by atoms with Crippen LogP contribution in [0.15, 0.2) is 24.3 Å². The second-order valence-corrected chi connectivity index (χ2v) is 8.20. The highest BCUT2D eigenvalue weighted by Gasteiger charge is 2.42.